The molecule has 13 amide bonds. The van der Waals surface area contributed by atoms with Crippen molar-refractivity contribution < 1.29 is 101 Å². The fraction of sp³-hybridized carbons (Fsp3) is 0.429. The Kier molecular flexibility index (Phi) is 38.4. The van der Waals surface area contributed by atoms with Crippen LogP contribution in [-0.4, -0.2) is 247 Å². The van der Waals surface area contributed by atoms with Crippen LogP contribution in [0.1, 0.15) is 218 Å². The van der Waals surface area contributed by atoms with Crippen molar-refractivity contribution in [3.05, 3.63) is 166 Å². The zero-order valence-electron chi connectivity index (χ0n) is 84.8. The Morgan fingerprint density at radius 3 is 1.85 bits per heavy atom. The van der Waals surface area contributed by atoms with Crippen molar-refractivity contribution in [2.24, 2.45) is 33.2 Å². The summed E-state index contributed by atoms with van der Waals surface area (Å²) in [6.07, 6.45) is -2.99. The van der Waals surface area contributed by atoms with E-state index in [1.54, 1.807) is 6.08 Å². The number of aliphatic carboxylic acids is 1. The Labute approximate surface area is 858 Å². The van der Waals surface area contributed by atoms with Crippen molar-refractivity contribution in [1.82, 2.24) is 77.8 Å². The lowest BCUT2D eigenvalue weighted by atomic mass is 9.85. The van der Waals surface area contributed by atoms with Gasteiger partial charge in [-0.25, -0.2) is 9.97 Å². The molecule has 4 aromatic carbocycles. The molecule has 11 atom stereocenters. The number of aromatic amines is 2. The van der Waals surface area contributed by atoms with Gasteiger partial charge in [-0.1, -0.05) is 44.7 Å². The molecule has 8 aromatic rings. The zero-order valence-corrected chi connectivity index (χ0v) is 84.8. The van der Waals surface area contributed by atoms with Gasteiger partial charge in [0.2, 0.25) is 93.5 Å². The molecular weight excluding hydrogens is 1920 g/mol. The number of H-pyrrole nitrogens is 2. The first kappa shape index (κ1) is 112. The van der Waals surface area contributed by atoms with Gasteiger partial charge in [-0.2, -0.15) is 15.7 Å². The van der Waals surface area contributed by atoms with Crippen molar-refractivity contribution in [3.8, 4) is 5.69 Å². The first-order chi connectivity index (χ1) is 71.2. The Morgan fingerprint density at radius 2 is 1.23 bits per heavy atom. The summed E-state index contributed by atoms with van der Waals surface area (Å²) in [7, 11) is 1.88. The van der Waals surface area contributed by atoms with Gasteiger partial charge in [-0.15, -0.1) is 4.57 Å². The van der Waals surface area contributed by atoms with Gasteiger partial charge in [0.1, 0.15) is 59.4 Å². The van der Waals surface area contributed by atoms with Gasteiger partial charge in [-0.3, -0.25) is 81.7 Å². The quantitative estimate of drug-likeness (QED) is 0.00753. The van der Waals surface area contributed by atoms with Crippen LogP contribution >= 0.6 is 0 Å². The number of aromatic nitrogens is 6. The number of primary amides is 4. The maximum absolute atomic E-state index is 14.4. The minimum Gasteiger partial charge on any atom is -0.481 e. The molecule has 44 heteroatoms. The summed E-state index contributed by atoms with van der Waals surface area (Å²) in [5, 5.41) is 59.3. The average molecular weight is 2050 g/mol. The van der Waals surface area contributed by atoms with Gasteiger partial charge in [0.05, 0.1) is 59.6 Å². The second kappa shape index (κ2) is 51.3. The second-order valence-corrected chi connectivity index (χ2v) is 37.5. The topological polar surface area (TPSA) is 664 Å². The largest absolute Gasteiger partial charge is 0.481 e. The summed E-state index contributed by atoms with van der Waals surface area (Å²) in [5.74, 6) is -16.8. The third-order valence-corrected chi connectivity index (χ3v) is 27.3. The molecule has 4 aromatic heterocycles. The van der Waals surface area contributed by atoms with Crippen molar-refractivity contribution >= 4 is 179 Å². The summed E-state index contributed by atoms with van der Waals surface area (Å²) in [6, 6.07) is 21.8. The number of nitrogens with one attached hydrogen (secondary N) is 11. The van der Waals surface area contributed by atoms with E-state index >= 15 is 0 Å². The highest BCUT2D eigenvalue weighted by molar-refractivity contribution is 6.13. The van der Waals surface area contributed by atoms with Crippen LogP contribution in [0.3, 0.4) is 0 Å². The number of azo groups is 1. The second-order valence-electron chi connectivity index (χ2n) is 37.5. The average Bonchev–Trinajstić information content (AvgIpc) is 1.51. The van der Waals surface area contributed by atoms with Crippen LogP contribution in [-0.2, 0) is 83.2 Å². The number of benzene rings is 4. The predicted molar refractivity (Wildman–Crippen MR) is 554 cm³/mol. The molecule has 12 rings (SSSR count). The number of aliphatic hydroxyl groups is 2. The molecule has 790 valence electrons. The molecular formula is C105H131N24O20+. The number of Topliss-reactive ketones (excluding diaryl/α,β-unsaturated/α-hetero) is 1. The lowest BCUT2D eigenvalue weighted by Gasteiger charge is -2.28. The molecule has 1 aliphatic carbocycles. The minimum absolute atomic E-state index is 0.0398. The highest BCUT2D eigenvalue weighted by atomic mass is 16.7. The summed E-state index contributed by atoms with van der Waals surface area (Å²) < 4.78 is 2.19. The van der Waals surface area contributed by atoms with Gasteiger partial charge in [0, 0.05) is 165 Å². The summed E-state index contributed by atoms with van der Waals surface area (Å²) in [6.45, 7) is 19.8. The van der Waals surface area contributed by atoms with Crippen LogP contribution in [0.4, 0.5) is 22.7 Å². The van der Waals surface area contributed by atoms with E-state index in [4.69, 9.17) is 42.7 Å². The van der Waals surface area contributed by atoms with Crippen LogP contribution in [0.5, 0.6) is 0 Å². The number of allylic oxidation sites excluding steroid dienone is 2. The number of carbonyl (C=O) groups is 16. The Hall–Kier alpha value is -16.1. The number of nitrogens with zero attached hydrogens (tertiary/aromatic N) is 9. The lowest BCUT2D eigenvalue weighted by molar-refractivity contribution is -0.538. The van der Waals surface area contributed by atoms with Crippen molar-refractivity contribution in [2.45, 2.75) is 237 Å². The first-order valence-corrected chi connectivity index (χ1v) is 49.9. The summed E-state index contributed by atoms with van der Waals surface area (Å²) in [4.78, 5) is 249. The van der Waals surface area contributed by atoms with E-state index in [0.29, 0.717) is 64.3 Å². The maximum atomic E-state index is 14.4. The number of anilines is 2. The molecule has 149 heavy (non-hydrogen) atoms. The van der Waals surface area contributed by atoms with Crippen LogP contribution in [0, 0.1) is 13.8 Å². The summed E-state index contributed by atoms with van der Waals surface area (Å²) >= 11 is 0. The molecule has 44 nitrogen and oxygen atoms in total. The lowest BCUT2D eigenvalue weighted by Crippen LogP contribution is -2.60. The number of nitrogens with two attached hydrogens (primary N) is 4. The van der Waals surface area contributed by atoms with E-state index < -0.39 is 207 Å². The number of rotatable bonds is 52. The summed E-state index contributed by atoms with van der Waals surface area (Å²) in [5.41, 5.74) is 43.9. The number of fused-ring (bicyclic) bond motifs is 10. The zero-order chi connectivity index (χ0) is 108. The molecule has 22 N–H and O–H groups in total. The number of likely N-dealkylation sites (tertiary alicyclic amines) is 1. The number of aliphatic hydroxyl groups excluding tert-OH is 2. The maximum Gasteiger partial charge on any atom is 0.324 e. The monoisotopic (exact) mass is 2050 g/mol. The number of carboxylic acid groups (broad SMARTS) is 1. The van der Waals surface area contributed by atoms with Crippen molar-refractivity contribution in [3.63, 3.8) is 0 Å². The van der Waals surface area contributed by atoms with Gasteiger partial charge in [0.25, 0.3) is 0 Å². The van der Waals surface area contributed by atoms with E-state index in [1.165, 1.54) is 6.92 Å². The molecule has 4 aliphatic rings. The molecule has 0 spiro atoms. The highest BCUT2D eigenvalue weighted by Gasteiger charge is 2.42. The SMILES string of the molecule is C=Cc1c(C)c2cc3nc(c4c5[nH]c(cc6nc(cc1[nH]2)C(C)=C6CC)c(C)c5C(=O)C4)[C@@H](CCC(=O)N[C@H](C(=O)N[C@@H](CO)C(=O)NCC(=O)N1CCC[C@@H]1C(=O)N[C@H](CC(N)=O)C(=O)N[C@@H](CCC(N)=O)C(=O)N[C@@H](CCC(=O)O)C(=O)N[C@@H](CCC(N)=O)C(=O)N[C@@H](CCCCNOC(=O)CCCN(C)c1ccc(N=Nc2ccc4nc5ccc(N(CC)CC)cc5[n+](-c5ccccc5)c4c2)cc1)C(N)=O)[C@@H](C)O)[C@@H]3C. The molecule has 3 aliphatic heterocycles. The fourth-order valence-corrected chi connectivity index (χ4v) is 19.0. The number of hydrogen-bond acceptors (Lipinski definition) is 27. The third kappa shape index (κ3) is 28.2. The van der Waals surface area contributed by atoms with Gasteiger partial charge < -0.3 is 110 Å². The molecule has 0 saturated carbocycles. The normalized spacial score (nSPS) is 15.8. The van der Waals surface area contributed by atoms with E-state index in [2.05, 4.69) is 135 Å². The van der Waals surface area contributed by atoms with Crippen LogP contribution in [0.25, 0.3) is 67.0 Å². The number of para-hydroxylation sites is 1. The minimum atomic E-state index is -1.94. The fourth-order valence-electron chi connectivity index (χ4n) is 19.0. The molecule has 1 fully saturated rings. The molecule has 7 heterocycles. The van der Waals surface area contributed by atoms with E-state index in [0.717, 1.165) is 107 Å². The number of unbranched alkanes of at least 4 members (excludes halogenated alkanes) is 1. The van der Waals surface area contributed by atoms with E-state index in [9.17, 15) is 92.0 Å². The number of hydroxylamine groups is 1. The number of hydrogen-bond donors (Lipinski definition) is 18. The Bertz CT molecular complexity index is 6720. The van der Waals surface area contributed by atoms with Crippen LogP contribution in [0.15, 0.2) is 126 Å². The number of ketones is 1. The standard InChI is InChI=1S/C105H130N24O20/c1-11-65-55(5)75-49-77-57(7)67(96(115-77)68-48-86(132)94-58(8)78(116-97(68)94)51-80-66(12-2)56(6)76(114-80)50-79(65)113-75)33-41-90(136)123-95(59(9)131)105(148)122-82(54-130)99(142)110-53-91(137)128-45-20-25-83(128)104(147)121-81(52-89(108)135)103(146)120-73(37-40-88(107)134)101(144)119-74(38-42-92(138)139)102(145)118-72(36-39-87(106)133)100(143)117-71(98(109)141)24-18-19-43-111-149-93(140)26-21-44-126(10)62-30-27-60(28-31-62)124-125-61-29-34-69-84(46-61)129(63-22-16-15-17-23-63)85-47-64(127(13-3)14-4)32-35-70(85)112-69/h11,15-17,22-23,27-32,34-35,46-47,49-51,57,59,67,71-74,81-83,95,111,130-131H,1,12-14,18-21,24-26,33,36-45,48,52-54H2,2-10H3,(H18,106,107,108,109,110,112,117,118,119,120,121,122,123,124,133,134,135,136,138,139,141,142,143,144,145,146,147,148)/p+1/t57-,59+,67-,71-,72-,73-,74-,81+,82-,83+,95-/m0/s1. The third-order valence-electron chi connectivity index (χ3n) is 27.3. The molecule has 0 unspecified atom stereocenters. The smallest absolute Gasteiger partial charge is 0.324 e. The number of carbonyl (C=O) groups excluding carboxylic acids is 15. The molecule has 0 radical (unpaired) electrons. The van der Waals surface area contributed by atoms with E-state index in [1.807, 2.05) is 119 Å². The Balaban J connectivity index is 0.598. The van der Waals surface area contributed by atoms with E-state index in [-0.39, 0.29) is 82.6 Å². The highest BCUT2D eigenvalue weighted by Crippen LogP contribution is 2.45. The predicted octanol–water partition coefficient (Wildman–Crippen LogP) is 5.33. The van der Waals surface area contributed by atoms with Crippen LogP contribution in [0.2, 0.25) is 0 Å². The number of carboxylic acids is 1. The van der Waals surface area contributed by atoms with Crippen LogP contribution < -0.4 is 85.3 Å². The Morgan fingerprint density at radius 1 is 0.631 bits per heavy atom. The van der Waals surface area contributed by atoms with Gasteiger partial charge >= 0.3 is 11.9 Å². The van der Waals surface area contributed by atoms with Gasteiger partial charge in [0.15, 0.2) is 5.78 Å². The first-order valence-electron chi connectivity index (χ1n) is 49.9. The van der Waals surface area contributed by atoms with Gasteiger partial charge in [-0.05, 0) is 201 Å². The molecule has 8 bridgehead atoms. The van der Waals surface area contributed by atoms with Crippen molar-refractivity contribution in [1.29, 1.82) is 0 Å². The molecule has 1 saturated heterocycles. The van der Waals surface area contributed by atoms with Crippen molar-refractivity contribution in [2.75, 3.05) is 62.7 Å². The number of aryl methyl sites for hydroxylation is 2. The number of amides is 13.